The highest BCUT2D eigenvalue weighted by atomic mass is 19.4. The number of halogens is 5. The first-order valence-electron chi connectivity index (χ1n) is 16.4. The largest absolute Gasteiger partial charge is 0.466 e. The third kappa shape index (κ3) is 8.14. The lowest BCUT2D eigenvalue weighted by Gasteiger charge is -2.26. The fourth-order valence-electron chi connectivity index (χ4n) is 6.35. The summed E-state index contributed by atoms with van der Waals surface area (Å²) in [5.41, 5.74) is -1.22. The van der Waals surface area contributed by atoms with E-state index in [0.29, 0.717) is 29.5 Å². The van der Waals surface area contributed by atoms with Crippen LogP contribution in [0.3, 0.4) is 0 Å². The average molecular weight is 712 g/mol. The molecule has 1 aliphatic rings. The van der Waals surface area contributed by atoms with Crippen LogP contribution >= 0.6 is 0 Å². The van der Waals surface area contributed by atoms with Crippen molar-refractivity contribution in [1.29, 1.82) is 0 Å². The SMILES string of the molecule is CCOC(=O)C[C@@H]1NC(=O)[C@H](n2cc(CCCN(C)C)c(C(F)(F)F)cc2=O)c2cc(ccc2F)Oc2cccc(C)c2-c2cc(C)c(F)c1c2. The molecular weight excluding hydrogens is 673 g/mol. The second-order valence-electron chi connectivity index (χ2n) is 12.8. The summed E-state index contributed by atoms with van der Waals surface area (Å²) in [5, 5.41) is 2.62. The topological polar surface area (TPSA) is 89.9 Å². The first-order chi connectivity index (χ1) is 24.1. The van der Waals surface area contributed by atoms with E-state index >= 15 is 8.78 Å². The van der Waals surface area contributed by atoms with E-state index in [9.17, 15) is 27.6 Å². The maximum absolute atomic E-state index is 16.1. The zero-order chi connectivity index (χ0) is 37.2. The van der Waals surface area contributed by atoms with Gasteiger partial charge in [-0.15, -0.1) is 0 Å². The number of amides is 1. The van der Waals surface area contributed by atoms with Crippen molar-refractivity contribution in [3.8, 4) is 22.6 Å². The number of aryl methyl sites for hydroxylation is 3. The fraction of sp³-hybridized carbons (Fsp3) is 0.342. The Balaban J connectivity index is 1.80. The molecule has 4 bridgehead atoms. The van der Waals surface area contributed by atoms with E-state index in [0.717, 1.165) is 22.4 Å². The first kappa shape index (κ1) is 37.2. The number of nitrogens with one attached hydrogen (secondary N) is 1. The molecule has 0 radical (unpaired) electrons. The van der Waals surface area contributed by atoms with Crippen LogP contribution in [0.4, 0.5) is 22.0 Å². The number of nitrogens with zero attached hydrogens (tertiary/aromatic N) is 2. The van der Waals surface area contributed by atoms with E-state index < -0.39 is 64.9 Å². The number of fused-ring (bicyclic) bond motifs is 6. The van der Waals surface area contributed by atoms with Crippen molar-refractivity contribution in [3.63, 3.8) is 0 Å². The molecule has 4 aromatic rings. The second kappa shape index (κ2) is 15.1. The highest BCUT2D eigenvalue weighted by molar-refractivity contribution is 5.85. The maximum Gasteiger partial charge on any atom is 0.416 e. The van der Waals surface area contributed by atoms with Gasteiger partial charge in [-0.1, -0.05) is 12.1 Å². The average Bonchev–Trinajstić information content (AvgIpc) is 3.04. The summed E-state index contributed by atoms with van der Waals surface area (Å²) >= 11 is 0. The summed E-state index contributed by atoms with van der Waals surface area (Å²) in [4.78, 5) is 42.7. The molecular formula is C38H38F5N3O5. The van der Waals surface area contributed by atoms with Gasteiger partial charge in [0, 0.05) is 29.0 Å². The number of benzene rings is 3. The maximum atomic E-state index is 16.1. The summed E-state index contributed by atoms with van der Waals surface area (Å²) in [6, 6.07) is 8.86. The quantitative estimate of drug-likeness (QED) is 0.151. The minimum atomic E-state index is -4.89. The predicted octanol–water partition coefficient (Wildman–Crippen LogP) is 7.43. The third-order valence-corrected chi connectivity index (χ3v) is 8.71. The van der Waals surface area contributed by atoms with Gasteiger partial charge in [-0.3, -0.25) is 19.0 Å². The van der Waals surface area contributed by atoms with Crippen molar-refractivity contribution in [3.05, 3.63) is 116 Å². The van der Waals surface area contributed by atoms with Crippen LogP contribution in [0, 0.1) is 25.5 Å². The standard InChI is InChI=1S/C38H38F5N3O5/c1-6-50-33(48)19-30-27-16-24(15-22(3)35(27)40)34-21(2)9-7-11-31(34)51-25-12-13-29(39)26(17-25)36(37(49)44-30)46-20-23(10-8-14-45(4)5)28(18-32(46)47)38(41,42)43/h7,9,11-13,15-18,20,30,36H,6,8,10,14,19H2,1-5H3,(H,44,49)/t30-,36+/m0/s1. The lowest BCUT2D eigenvalue weighted by molar-refractivity contribution is -0.144. The monoisotopic (exact) mass is 711 g/mol. The van der Waals surface area contributed by atoms with Gasteiger partial charge in [0.25, 0.3) is 5.56 Å². The highest BCUT2D eigenvalue weighted by Crippen LogP contribution is 2.41. The lowest BCUT2D eigenvalue weighted by Crippen LogP contribution is -2.41. The smallest absolute Gasteiger partial charge is 0.416 e. The number of rotatable bonds is 8. The van der Waals surface area contributed by atoms with E-state index in [-0.39, 0.29) is 41.9 Å². The minimum Gasteiger partial charge on any atom is -0.466 e. The van der Waals surface area contributed by atoms with E-state index in [1.54, 1.807) is 44.1 Å². The lowest BCUT2D eigenvalue weighted by atomic mass is 9.92. The van der Waals surface area contributed by atoms with Gasteiger partial charge in [0.2, 0.25) is 5.91 Å². The zero-order valence-corrected chi connectivity index (χ0v) is 28.8. The van der Waals surface area contributed by atoms with Crippen LogP contribution in [0.15, 0.2) is 65.6 Å². The van der Waals surface area contributed by atoms with E-state index in [4.69, 9.17) is 9.47 Å². The summed E-state index contributed by atoms with van der Waals surface area (Å²) in [6.45, 7) is 5.32. The van der Waals surface area contributed by atoms with Gasteiger partial charge in [0.05, 0.1) is 24.6 Å². The van der Waals surface area contributed by atoms with Gasteiger partial charge >= 0.3 is 12.1 Å². The molecule has 3 aromatic carbocycles. The normalized spacial score (nSPS) is 15.9. The molecule has 1 aromatic heterocycles. The number of ether oxygens (including phenoxy) is 2. The van der Waals surface area contributed by atoms with Gasteiger partial charge < -0.3 is 19.7 Å². The molecule has 2 heterocycles. The molecule has 0 fully saturated rings. The molecule has 0 aliphatic carbocycles. The predicted molar refractivity (Wildman–Crippen MR) is 181 cm³/mol. The van der Waals surface area contributed by atoms with Crippen LogP contribution in [0.25, 0.3) is 11.1 Å². The number of esters is 1. The van der Waals surface area contributed by atoms with E-state index in [2.05, 4.69) is 5.32 Å². The molecule has 1 amide bonds. The molecule has 2 atom stereocenters. The fourth-order valence-corrected chi connectivity index (χ4v) is 6.35. The minimum absolute atomic E-state index is 0.0108. The second-order valence-corrected chi connectivity index (χ2v) is 12.8. The highest BCUT2D eigenvalue weighted by Gasteiger charge is 2.37. The Morgan fingerprint density at radius 2 is 1.75 bits per heavy atom. The van der Waals surface area contributed by atoms with Crippen molar-refractivity contribution in [2.75, 3.05) is 27.2 Å². The van der Waals surface area contributed by atoms with Crippen LogP contribution in [-0.4, -0.2) is 48.6 Å². The summed E-state index contributed by atoms with van der Waals surface area (Å²) < 4.78 is 86.7. The number of carbonyl (C=O) groups is 2. The summed E-state index contributed by atoms with van der Waals surface area (Å²) in [6.07, 6.45) is -4.37. The summed E-state index contributed by atoms with van der Waals surface area (Å²) in [5.74, 6) is -3.21. The Hall–Kier alpha value is -5.04. The van der Waals surface area contributed by atoms with Crippen molar-refractivity contribution in [1.82, 2.24) is 14.8 Å². The number of aromatic nitrogens is 1. The molecule has 0 saturated heterocycles. The molecule has 0 saturated carbocycles. The van der Waals surface area contributed by atoms with E-state index in [1.807, 2.05) is 13.0 Å². The molecule has 51 heavy (non-hydrogen) atoms. The third-order valence-electron chi connectivity index (χ3n) is 8.71. The zero-order valence-electron chi connectivity index (χ0n) is 28.8. The van der Waals surface area contributed by atoms with Crippen molar-refractivity contribution < 1.29 is 41.0 Å². The Kier molecular flexibility index (Phi) is 11.0. The molecule has 270 valence electrons. The first-order valence-corrected chi connectivity index (χ1v) is 16.4. The van der Waals surface area contributed by atoms with Crippen LogP contribution < -0.4 is 15.6 Å². The Labute approximate surface area is 291 Å². The Bertz CT molecular complexity index is 2020. The van der Waals surface area contributed by atoms with Crippen LogP contribution in [-0.2, 0) is 26.9 Å². The number of hydrogen-bond acceptors (Lipinski definition) is 6. The molecule has 1 N–H and O–H groups in total. The Morgan fingerprint density at radius 3 is 2.43 bits per heavy atom. The Morgan fingerprint density at radius 1 is 1.00 bits per heavy atom. The van der Waals surface area contributed by atoms with Crippen molar-refractivity contribution in [2.45, 2.75) is 58.3 Å². The summed E-state index contributed by atoms with van der Waals surface area (Å²) in [7, 11) is 3.51. The van der Waals surface area contributed by atoms with Gasteiger partial charge in [-0.25, -0.2) is 8.78 Å². The van der Waals surface area contributed by atoms with Crippen LogP contribution in [0.5, 0.6) is 11.5 Å². The number of carbonyl (C=O) groups excluding carboxylic acids is 2. The van der Waals surface area contributed by atoms with Crippen LogP contribution in [0.2, 0.25) is 0 Å². The number of alkyl halides is 3. The molecule has 1 aliphatic heterocycles. The molecule has 8 nitrogen and oxygen atoms in total. The number of pyridine rings is 1. The molecule has 0 spiro atoms. The van der Waals surface area contributed by atoms with Gasteiger partial charge in [0.1, 0.15) is 29.2 Å². The van der Waals surface area contributed by atoms with Gasteiger partial charge in [-0.2, -0.15) is 13.2 Å². The van der Waals surface area contributed by atoms with Crippen molar-refractivity contribution in [2.24, 2.45) is 0 Å². The van der Waals surface area contributed by atoms with Crippen molar-refractivity contribution >= 4 is 11.9 Å². The molecule has 0 unspecified atom stereocenters. The van der Waals surface area contributed by atoms with Gasteiger partial charge in [0.15, 0.2) is 0 Å². The van der Waals surface area contributed by atoms with Gasteiger partial charge in [-0.05, 0) is 113 Å². The van der Waals surface area contributed by atoms with Crippen LogP contribution in [0.1, 0.15) is 65.2 Å². The van der Waals surface area contributed by atoms with E-state index in [1.165, 1.54) is 25.1 Å². The number of hydrogen-bond donors (Lipinski definition) is 1. The molecule has 13 heteroatoms. The molecule has 5 rings (SSSR count).